The van der Waals surface area contributed by atoms with Crippen molar-refractivity contribution in [1.82, 2.24) is 5.32 Å². The van der Waals surface area contributed by atoms with Crippen molar-refractivity contribution in [3.8, 4) is 0 Å². The number of carbonyl (C=O) groups is 1. The third-order valence-electron chi connectivity index (χ3n) is 8.05. The van der Waals surface area contributed by atoms with Crippen LogP contribution in [0.1, 0.15) is 110 Å². The van der Waals surface area contributed by atoms with E-state index in [0.717, 1.165) is 57.8 Å². The van der Waals surface area contributed by atoms with E-state index in [1.165, 1.54) is 25.3 Å². The highest BCUT2D eigenvalue weighted by Crippen LogP contribution is 2.26. The first-order valence-corrected chi connectivity index (χ1v) is 18.9. The Morgan fingerprint density at radius 2 is 1.42 bits per heavy atom. The molecule has 1 rings (SSSR count). The number of ether oxygens (including phenoxy) is 2. The average molecular weight is 708 g/mol. The monoisotopic (exact) mass is 707 g/mol. The maximum absolute atomic E-state index is 12.9. The highest BCUT2D eigenvalue weighted by Gasteiger charge is 2.48. The summed E-state index contributed by atoms with van der Waals surface area (Å²) < 4.78 is 46.9. The maximum atomic E-state index is 12.9. The SMILES string of the molecule is CCCCC/C=C\C=C/CCCCCCCC(O)C(=O)NC(COC1OC(CO)C(O)C(OS(=O)(=O)O)C1O)C(O)/C=C/CCCCC. The van der Waals surface area contributed by atoms with Gasteiger partial charge in [0.1, 0.15) is 30.5 Å². The number of hydrogen-bond donors (Lipinski definition) is 7. The van der Waals surface area contributed by atoms with E-state index < -0.39 is 78.5 Å². The van der Waals surface area contributed by atoms with Crippen LogP contribution >= 0.6 is 0 Å². The predicted molar refractivity (Wildman–Crippen MR) is 182 cm³/mol. The van der Waals surface area contributed by atoms with Crippen molar-refractivity contribution < 1.29 is 57.0 Å². The highest BCUT2D eigenvalue weighted by atomic mass is 32.3. The number of unbranched alkanes of at least 4 members (excludes halogenated alkanes) is 11. The van der Waals surface area contributed by atoms with Crippen molar-refractivity contribution in [3.05, 3.63) is 36.5 Å². The van der Waals surface area contributed by atoms with Gasteiger partial charge in [0.15, 0.2) is 6.29 Å². The van der Waals surface area contributed by atoms with Crippen LogP contribution in [0.25, 0.3) is 0 Å². The smallest absolute Gasteiger partial charge is 0.394 e. The van der Waals surface area contributed by atoms with Crippen molar-refractivity contribution in [2.45, 2.75) is 159 Å². The van der Waals surface area contributed by atoms with Gasteiger partial charge in [0.05, 0.1) is 25.4 Å². The Kier molecular flexibility index (Phi) is 24.1. The average Bonchev–Trinajstić information content (AvgIpc) is 3.04. The summed E-state index contributed by atoms with van der Waals surface area (Å²) in [5, 5.41) is 54.3. The van der Waals surface area contributed by atoms with Crippen molar-refractivity contribution in [3.63, 3.8) is 0 Å². The molecule has 1 amide bonds. The fraction of sp³-hybridized carbons (Fsp3) is 0.794. The number of nitrogens with one attached hydrogen (secondary N) is 1. The normalized spacial score (nSPS) is 24.0. The Hall–Kier alpha value is -1.72. The van der Waals surface area contributed by atoms with Crippen LogP contribution in [0.5, 0.6) is 0 Å². The van der Waals surface area contributed by atoms with E-state index in [4.69, 9.17) is 14.0 Å². The van der Waals surface area contributed by atoms with Gasteiger partial charge in [-0.3, -0.25) is 9.35 Å². The highest BCUT2D eigenvalue weighted by molar-refractivity contribution is 7.80. The number of carbonyl (C=O) groups excluding carboxylic acids is 1. The minimum absolute atomic E-state index is 0.222. The van der Waals surface area contributed by atoms with Gasteiger partial charge in [0.2, 0.25) is 5.91 Å². The summed E-state index contributed by atoms with van der Waals surface area (Å²) in [5.74, 6) is -0.726. The molecule has 0 aromatic rings. The summed E-state index contributed by atoms with van der Waals surface area (Å²) in [6.45, 7) is 2.98. The molecular weight excluding hydrogens is 646 g/mol. The minimum Gasteiger partial charge on any atom is -0.394 e. The van der Waals surface area contributed by atoms with Gasteiger partial charge in [-0.05, 0) is 44.9 Å². The summed E-state index contributed by atoms with van der Waals surface area (Å²) in [6.07, 6.45) is 14.6. The van der Waals surface area contributed by atoms with Crippen molar-refractivity contribution >= 4 is 16.3 Å². The molecule has 8 atom stereocenters. The lowest BCUT2D eigenvalue weighted by atomic mass is 9.99. The Bertz CT molecular complexity index is 1040. The minimum atomic E-state index is -5.11. The first kappa shape index (κ1) is 44.3. The van der Waals surface area contributed by atoms with Crippen LogP contribution in [-0.2, 0) is 28.9 Å². The van der Waals surface area contributed by atoms with E-state index in [-0.39, 0.29) is 6.42 Å². The largest absolute Gasteiger partial charge is 0.397 e. The fourth-order valence-corrected chi connectivity index (χ4v) is 5.66. The molecule has 0 aromatic heterocycles. The van der Waals surface area contributed by atoms with Crippen LogP contribution in [0.4, 0.5) is 0 Å². The van der Waals surface area contributed by atoms with Crippen LogP contribution in [-0.4, -0.2) is 107 Å². The molecule has 0 saturated carbocycles. The van der Waals surface area contributed by atoms with E-state index in [9.17, 15) is 38.7 Å². The molecule has 0 bridgehead atoms. The zero-order valence-corrected chi connectivity index (χ0v) is 29.5. The number of aliphatic hydroxyl groups excluding tert-OH is 5. The first-order valence-electron chi connectivity index (χ1n) is 17.5. The molecule has 48 heavy (non-hydrogen) atoms. The number of amides is 1. The van der Waals surface area contributed by atoms with Gasteiger partial charge in [-0.15, -0.1) is 0 Å². The molecule has 1 fully saturated rings. The van der Waals surface area contributed by atoms with Gasteiger partial charge < -0.3 is 40.3 Å². The lowest BCUT2D eigenvalue weighted by Gasteiger charge is -2.41. The molecule has 1 heterocycles. The van der Waals surface area contributed by atoms with Crippen molar-refractivity contribution in [2.24, 2.45) is 0 Å². The Morgan fingerprint density at radius 1 is 0.854 bits per heavy atom. The molecule has 14 heteroatoms. The zero-order chi connectivity index (χ0) is 35.8. The molecule has 13 nitrogen and oxygen atoms in total. The summed E-state index contributed by atoms with van der Waals surface area (Å²) in [6, 6.07) is -1.12. The summed E-state index contributed by atoms with van der Waals surface area (Å²) >= 11 is 0. The van der Waals surface area contributed by atoms with Crippen LogP contribution in [0.15, 0.2) is 36.5 Å². The molecule has 7 N–H and O–H groups in total. The molecule has 0 spiro atoms. The summed E-state index contributed by atoms with van der Waals surface area (Å²) in [4.78, 5) is 12.9. The Labute approximate surface area is 287 Å². The molecule has 0 aliphatic carbocycles. The molecule has 0 radical (unpaired) electrons. The van der Waals surface area contributed by atoms with E-state index in [1.54, 1.807) is 6.08 Å². The Morgan fingerprint density at radius 3 is 2.00 bits per heavy atom. The van der Waals surface area contributed by atoms with Crippen molar-refractivity contribution in [1.29, 1.82) is 0 Å². The number of allylic oxidation sites excluding steroid dienone is 5. The molecule has 1 aliphatic rings. The molecule has 0 aromatic carbocycles. The van der Waals surface area contributed by atoms with Gasteiger partial charge >= 0.3 is 10.4 Å². The fourth-order valence-electron chi connectivity index (χ4n) is 5.15. The van der Waals surface area contributed by atoms with Gasteiger partial charge in [-0.2, -0.15) is 8.42 Å². The molecule has 280 valence electrons. The number of aliphatic hydroxyl groups is 5. The maximum Gasteiger partial charge on any atom is 0.397 e. The van der Waals surface area contributed by atoms with E-state index in [0.29, 0.717) is 12.8 Å². The third-order valence-corrected chi connectivity index (χ3v) is 8.52. The van der Waals surface area contributed by atoms with Crippen molar-refractivity contribution in [2.75, 3.05) is 13.2 Å². The number of rotatable bonds is 27. The standard InChI is InChI=1S/C34H61NO12S/c1-3-5-7-9-10-11-12-13-14-15-16-17-19-21-23-28(38)33(41)35-26(27(37)22-20-18-8-6-4-2)25-45-34-31(40)32(47-48(42,43)44)30(39)29(24-36)46-34/h10-13,20,22,26-32,34,36-40H,3-9,14-19,21,23-25H2,1-2H3,(H,35,41)(H,42,43,44)/b11-10-,13-12-,22-20+. The van der Waals surface area contributed by atoms with Gasteiger partial charge in [-0.1, -0.05) is 102 Å². The van der Waals surface area contributed by atoms with E-state index in [1.807, 2.05) is 0 Å². The van der Waals surface area contributed by atoms with Crippen LogP contribution < -0.4 is 5.32 Å². The second kappa shape index (κ2) is 26.1. The zero-order valence-electron chi connectivity index (χ0n) is 28.6. The number of hydrogen-bond acceptors (Lipinski definition) is 11. The van der Waals surface area contributed by atoms with Gasteiger partial charge in [-0.25, -0.2) is 4.18 Å². The summed E-state index contributed by atoms with van der Waals surface area (Å²) in [5.41, 5.74) is 0. The second-order valence-electron chi connectivity index (χ2n) is 12.3. The van der Waals surface area contributed by atoms with Gasteiger partial charge in [0.25, 0.3) is 0 Å². The molecular formula is C34H61NO12S. The molecule has 1 saturated heterocycles. The summed E-state index contributed by atoms with van der Waals surface area (Å²) in [7, 11) is -5.11. The molecule has 1 aliphatic heterocycles. The Balaban J connectivity index is 2.66. The van der Waals surface area contributed by atoms with Crippen LogP contribution in [0.2, 0.25) is 0 Å². The predicted octanol–water partition coefficient (Wildman–Crippen LogP) is 3.40. The quantitative estimate of drug-likeness (QED) is 0.0283. The second-order valence-corrected chi connectivity index (χ2v) is 13.3. The van der Waals surface area contributed by atoms with Crippen LogP contribution in [0.3, 0.4) is 0 Å². The van der Waals surface area contributed by atoms with Gasteiger partial charge in [0, 0.05) is 0 Å². The lowest BCUT2D eigenvalue weighted by Crippen LogP contribution is -2.61. The topological polar surface area (TPSA) is 212 Å². The third kappa shape index (κ3) is 19.5. The van der Waals surface area contributed by atoms with E-state index >= 15 is 0 Å². The first-order chi connectivity index (χ1) is 22.9. The van der Waals surface area contributed by atoms with E-state index in [2.05, 4.69) is 47.7 Å². The molecule has 8 unspecified atom stereocenters. The van der Waals surface area contributed by atoms with Crippen LogP contribution in [0, 0.1) is 0 Å². The lowest BCUT2D eigenvalue weighted by molar-refractivity contribution is -0.298.